The van der Waals surface area contributed by atoms with E-state index in [4.69, 9.17) is 4.98 Å². The van der Waals surface area contributed by atoms with E-state index in [1.807, 2.05) is 18.2 Å². The number of nitro groups is 1. The number of para-hydroxylation sites is 1. The standard InChI is InChI=1S/C22H21N3O4S/c1-29-21(26)9-7-15-6-8-18(19(14-15)25(27)28)24-12-10-16(11-13-24)22-23-17-4-2-3-5-20(17)30-22/h2-9,14,16H,10-13H2,1H3/b9-7+. The second-order valence-electron chi connectivity index (χ2n) is 7.14. The molecule has 0 saturated carbocycles. The van der Waals surface area contributed by atoms with Gasteiger partial charge in [0.25, 0.3) is 5.69 Å². The summed E-state index contributed by atoms with van der Waals surface area (Å²) in [6.45, 7) is 1.47. The number of aromatic nitrogens is 1. The molecule has 1 aliphatic heterocycles. The van der Waals surface area contributed by atoms with Crippen LogP contribution in [0.3, 0.4) is 0 Å². The summed E-state index contributed by atoms with van der Waals surface area (Å²) in [6.07, 6.45) is 4.58. The lowest BCUT2D eigenvalue weighted by atomic mass is 9.96. The molecule has 1 fully saturated rings. The number of fused-ring (bicyclic) bond motifs is 1. The molecule has 1 saturated heterocycles. The Morgan fingerprint density at radius 3 is 2.73 bits per heavy atom. The van der Waals surface area contributed by atoms with Crippen molar-refractivity contribution in [3.63, 3.8) is 0 Å². The minimum atomic E-state index is -0.501. The van der Waals surface area contributed by atoms with Crippen LogP contribution >= 0.6 is 11.3 Å². The predicted octanol–water partition coefficient (Wildman–Crippen LogP) is 4.77. The van der Waals surface area contributed by atoms with Crippen LogP contribution in [0, 0.1) is 10.1 Å². The minimum Gasteiger partial charge on any atom is -0.466 e. The number of benzene rings is 2. The number of carbonyl (C=O) groups excluding carboxylic acids is 1. The molecule has 1 aromatic heterocycles. The van der Waals surface area contributed by atoms with Crippen molar-refractivity contribution in [3.05, 3.63) is 69.2 Å². The van der Waals surface area contributed by atoms with Gasteiger partial charge < -0.3 is 9.64 Å². The topological polar surface area (TPSA) is 85.6 Å². The molecule has 2 heterocycles. The number of hydrogen-bond donors (Lipinski definition) is 0. The van der Waals surface area contributed by atoms with Crippen LogP contribution in [-0.2, 0) is 9.53 Å². The maximum atomic E-state index is 11.7. The van der Waals surface area contributed by atoms with E-state index in [9.17, 15) is 14.9 Å². The Morgan fingerprint density at radius 2 is 2.03 bits per heavy atom. The highest BCUT2D eigenvalue weighted by Gasteiger charge is 2.27. The van der Waals surface area contributed by atoms with Crippen molar-refractivity contribution < 1.29 is 14.5 Å². The number of ether oxygens (including phenoxy) is 1. The fourth-order valence-corrected chi connectivity index (χ4v) is 4.86. The van der Waals surface area contributed by atoms with E-state index in [-0.39, 0.29) is 10.6 Å². The average Bonchev–Trinajstić information content (AvgIpc) is 3.21. The van der Waals surface area contributed by atoms with E-state index < -0.39 is 5.97 Å². The molecule has 30 heavy (non-hydrogen) atoms. The lowest BCUT2D eigenvalue weighted by Gasteiger charge is -2.32. The Bertz CT molecular complexity index is 1080. The third kappa shape index (κ3) is 4.18. The largest absolute Gasteiger partial charge is 0.466 e. The van der Waals surface area contributed by atoms with Crippen molar-refractivity contribution in [2.24, 2.45) is 0 Å². The molecule has 8 heteroatoms. The lowest BCUT2D eigenvalue weighted by molar-refractivity contribution is -0.384. The first-order chi connectivity index (χ1) is 14.5. The quantitative estimate of drug-likeness (QED) is 0.254. The number of hydrogen-bond acceptors (Lipinski definition) is 7. The number of methoxy groups -OCH3 is 1. The number of thiazole rings is 1. The number of anilines is 1. The molecule has 1 aliphatic rings. The zero-order chi connectivity index (χ0) is 21.1. The van der Waals surface area contributed by atoms with Crippen molar-refractivity contribution in [2.75, 3.05) is 25.1 Å². The van der Waals surface area contributed by atoms with Crippen molar-refractivity contribution in [2.45, 2.75) is 18.8 Å². The summed E-state index contributed by atoms with van der Waals surface area (Å²) < 4.78 is 5.76. The predicted molar refractivity (Wildman–Crippen MR) is 118 cm³/mol. The fraction of sp³-hybridized carbons (Fsp3) is 0.273. The lowest BCUT2D eigenvalue weighted by Crippen LogP contribution is -2.33. The summed E-state index contributed by atoms with van der Waals surface area (Å²) >= 11 is 1.74. The number of rotatable bonds is 5. The summed E-state index contributed by atoms with van der Waals surface area (Å²) in [5.74, 6) is -0.126. The fourth-order valence-electron chi connectivity index (χ4n) is 3.72. The van der Waals surface area contributed by atoms with Gasteiger partial charge in [-0.2, -0.15) is 0 Å². The molecular formula is C22H21N3O4S. The van der Waals surface area contributed by atoms with Gasteiger partial charge in [0.05, 0.1) is 27.3 Å². The molecule has 0 amide bonds. The third-order valence-corrected chi connectivity index (χ3v) is 6.50. The van der Waals surface area contributed by atoms with Crippen LogP contribution in [0.25, 0.3) is 16.3 Å². The molecule has 0 radical (unpaired) electrons. The van der Waals surface area contributed by atoms with E-state index in [1.54, 1.807) is 23.5 Å². The summed E-state index contributed by atoms with van der Waals surface area (Å²) in [5.41, 5.74) is 2.27. The highest BCUT2D eigenvalue weighted by molar-refractivity contribution is 7.18. The molecule has 4 rings (SSSR count). The van der Waals surface area contributed by atoms with Gasteiger partial charge >= 0.3 is 5.97 Å². The van der Waals surface area contributed by atoms with Crippen molar-refractivity contribution in [1.29, 1.82) is 0 Å². The van der Waals surface area contributed by atoms with Crippen molar-refractivity contribution >= 4 is 45.0 Å². The Labute approximate surface area is 177 Å². The molecule has 0 N–H and O–H groups in total. The van der Waals surface area contributed by atoms with E-state index in [0.29, 0.717) is 17.2 Å². The molecule has 0 spiro atoms. The molecule has 3 aromatic rings. The van der Waals surface area contributed by atoms with Crippen LogP contribution in [0.4, 0.5) is 11.4 Å². The molecule has 0 atom stereocenters. The van der Waals surface area contributed by atoms with E-state index >= 15 is 0 Å². The Morgan fingerprint density at radius 1 is 1.27 bits per heavy atom. The minimum absolute atomic E-state index is 0.0421. The van der Waals surface area contributed by atoms with Crippen LogP contribution in [0.1, 0.15) is 29.3 Å². The first-order valence-electron chi connectivity index (χ1n) is 9.70. The molecule has 7 nitrogen and oxygen atoms in total. The number of nitro benzene ring substituents is 1. The number of carbonyl (C=O) groups is 1. The summed E-state index contributed by atoms with van der Waals surface area (Å²) in [5, 5.41) is 12.8. The molecule has 0 bridgehead atoms. The molecule has 2 aromatic carbocycles. The Hall–Kier alpha value is -3.26. The smallest absolute Gasteiger partial charge is 0.330 e. The number of esters is 1. The second kappa shape index (κ2) is 8.62. The summed E-state index contributed by atoms with van der Waals surface area (Å²) in [4.78, 5) is 29.4. The van der Waals surface area contributed by atoms with Gasteiger partial charge in [-0.3, -0.25) is 10.1 Å². The van der Waals surface area contributed by atoms with Gasteiger partial charge in [0, 0.05) is 31.1 Å². The van der Waals surface area contributed by atoms with Crippen LogP contribution in [0.5, 0.6) is 0 Å². The van der Waals surface area contributed by atoms with Gasteiger partial charge in [0.2, 0.25) is 0 Å². The zero-order valence-corrected chi connectivity index (χ0v) is 17.3. The van der Waals surface area contributed by atoms with Gasteiger partial charge in [-0.25, -0.2) is 9.78 Å². The molecular weight excluding hydrogens is 402 g/mol. The van der Waals surface area contributed by atoms with Gasteiger partial charge in [0.1, 0.15) is 5.69 Å². The van der Waals surface area contributed by atoms with Crippen molar-refractivity contribution in [1.82, 2.24) is 4.98 Å². The van der Waals surface area contributed by atoms with Gasteiger partial charge in [0.15, 0.2) is 0 Å². The maximum absolute atomic E-state index is 11.7. The van der Waals surface area contributed by atoms with E-state index in [1.165, 1.54) is 30.0 Å². The summed E-state index contributed by atoms with van der Waals surface area (Å²) in [6, 6.07) is 13.2. The Kier molecular flexibility index (Phi) is 5.76. The number of piperidine rings is 1. The van der Waals surface area contributed by atoms with Crippen LogP contribution in [0.2, 0.25) is 0 Å². The first-order valence-corrected chi connectivity index (χ1v) is 10.5. The Balaban J connectivity index is 1.50. The zero-order valence-electron chi connectivity index (χ0n) is 16.5. The SMILES string of the molecule is COC(=O)/C=C/c1ccc(N2CCC(c3nc4ccccc4s3)CC2)c([N+](=O)[O-])c1. The normalized spacial score (nSPS) is 15.0. The van der Waals surface area contributed by atoms with Crippen LogP contribution in [0.15, 0.2) is 48.5 Å². The molecule has 154 valence electrons. The van der Waals surface area contributed by atoms with Gasteiger partial charge in [-0.15, -0.1) is 11.3 Å². The average molecular weight is 423 g/mol. The van der Waals surface area contributed by atoms with Gasteiger partial charge in [-0.1, -0.05) is 18.2 Å². The number of nitrogens with zero attached hydrogens (tertiary/aromatic N) is 3. The van der Waals surface area contributed by atoms with Gasteiger partial charge in [-0.05, 0) is 42.7 Å². The maximum Gasteiger partial charge on any atom is 0.330 e. The molecule has 0 unspecified atom stereocenters. The monoisotopic (exact) mass is 423 g/mol. The molecule has 0 aliphatic carbocycles. The van der Waals surface area contributed by atoms with Crippen LogP contribution < -0.4 is 4.90 Å². The third-order valence-electron chi connectivity index (χ3n) is 5.30. The van der Waals surface area contributed by atoms with E-state index in [2.05, 4.69) is 15.7 Å². The first kappa shape index (κ1) is 20.0. The van der Waals surface area contributed by atoms with Crippen molar-refractivity contribution in [3.8, 4) is 0 Å². The summed E-state index contributed by atoms with van der Waals surface area (Å²) in [7, 11) is 1.29. The van der Waals surface area contributed by atoms with Crippen LogP contribution in [-0.4, -0.2) is 36.1 Å². The second-order valence-corrected chi connectivity index (χ2v) is 8.21. The highest BCUT2D eigenvalue weighted by Crippen LogP contribution is 2.37. The van der Waals surface area contributed by atoms with E-state index in [0.717, 1.165) is 36.5 Å². The highest BCUT2D eigenvalue weighted by atomic mass is 32.1.